The molecule has 27 heavy (non-hydrogen) atoms. The van der Waals surface area contributed by atoms with E-state index >= 15 is 0 Å². The summed E-state index contributed by atoms with van der Waals surface area (Å²) in [6, 6.07) is 12.9. The number of aromatic nitrogens is 2. The van der Waals surface area contributed by atoms with E-state index in [0.29, 0.717) is 16.3 Å². The highest BCUT2D eigenvalue weighted by Crippen LogP contribution is 2.28. The quantitative estimate of drug-likeness (QED) is 0.519. The molecule has 0 N–H and O–H groups in total. The van der Waals surface area contributed by atoms with Crippen molar-refractivity contribution in [2.75, 3.05) is 14.1 Å². The fourth-order valence-electron chi connectivity index (χ4n) is 2.82. The van der Waals surface area contributed by atoms with Gasteiger partial charge in [0.15, 0.2) is 0 Å². The third-order valence-electron chi connectivity index (χ3n) is 4.19. The van der Waals surface area contributed by atoms with Gasteiger partial charge in [-0.3, -0.25) is 0 Å². The Morgan fingerprint density at radius 3 is 2.63 bits per heavy atom. The highest BCUT2D eigenvalue weighted by atomic mass is 35.5. The minimum Gasteiger partial charge on any atom is -0.327 e. The lowest BCUT2D eigenvalue weighted by Gasteiger charge is -2.11. The van der Waals surface area contributed by atoms with E-state index in [9.17, 15) is 8.42 Å². The number of hydrogen-bond donors (Lipinski definition) is 0. The van der Waals surface area contributed by atoms with Crippen LogP contribution in [0.25, 0.3) is 11.0 Å². The average Bonchev–Trinajstić information content (AvgIpc) is 2.97. The highest BCUT2D eigenvalue weighted by Gasteiger charge is 2.19. The minimum absolute atomic E-state index is 0.259. The van der Waals surface area contributed by atoms with Crippen molar-refractivity contribution < 1.29 is 8.42 Å². The number of sulfonamides is 1. The van der Waals surface area contributed by atoms with Crippen molar-refractivity contribution in [3.05, 3.63) is 53.3 Å². The maximum absolute atomic E-state index is 12.4. The van der Waals surface area contributed by atoms with Crippen molar-refractivity contribution >= 4 is 44.4 Å². The molecule has 0 saturated heterocycles. The Kier molecular flexibility index (Phi) is 6.15. The molecule has 144 valence electrons. The number of thioether (sulfide) groups is 1. The van der Waals surface area contributed by atoms with Crippen LogP contribution < -0.4 is 0 Å². The molecule has 0 aliphatic rings. The number of halogens is 1. The molecule has 0 spiro atoms. The largest absolute Gasteiger partial charge is 0.327 e. The fourth-order valence-corrected chi connectivity index (χ4v) is 4.90. The van der Waals surface area contributed by atoms with E-state index < -0.39 is 10.0 Å². The van der Waals surface area contributed by atoms with Gasteiger partial charge in [0.05, 0.1) is 21.7 Å². The zero-order valence-corrected chi connectivity index (χ0v) is 17.9. The van der Waals surface area contributed by atoms with Gasteiger partial charge >= 0.3 is 0 Å². The van der Waals surface area contributed by atoms with Crippen molar-refractivity contribution in [1.29, 1.82) is 0 Å². The molecule has 3 aromatic rings. The molecule has 2 aromatic carbocycles. The van der Waals surface area contributed by atoms with Gasteiger partial charge in [-0.15, -0.1) is 11.8 Å². The smallest absolute Gasteiger partial charge is 0.242 e. The number of rotatable bonds is 7. The second kappa shape index (κ2) is 8.22. The van der Waals surface area contributed by atoms with Gasteiger partial charge in [-0.05, 0) is 42.8 Å². The van der Waals surface area contributed by atoms with Crippen LogP contribution in [0.5, 0.6) is 0 Å². The van der Waals surface area contributed by atoms with Gasteiger partial charge in [-0.2, -0.15) is 0 Å². The van der Waals surface area contributed by atoms with Crippen molar-refractivity contribution in [3.8, 4) is 0 Å². The van der Waals surface area contributed by atoms with Crippen LogP contribution in [0.3, 0.4) is 0 Å². The molecule has 0 aliphatic heterocycles. The van der Waals surface area contributed by atoms with Crippen molar-refractivity contribution in [2.24, 2.45) is 0 Å². The number of fused-ring (bicyclic) bond motifs is 1. The highest BCUT2D eigenvalue weighted by molar-refractivity contribution is 7.98. The van der Waals surface area contributed by atoms with E-state index in [1.807, 2.05) is 30.3 Å². The monoisotopic (exact) mass is 423 g/mol. The Bertz CT molecular complexity index is 1060. The first-order chi connectivity index (χ1) is 12.8. The van der Waals surface area contributed by atoms with Crippen LogP contribution in [0.1, 0.15) is 19.2 Å². The maximum Gasteiger partial charge on any atom is 0.242 e. The zero-order chi connectivity index (χ0) is 19.6. The molecule has 1 heterocycles. The minimum atomic E-state index is -3.48. The third kappa shape index (κ3) is 4.32. The van der Waals surface area contributed by atoms with Crippen molar-refractivity contribution in [1.82, 2.24) is 13.9 Å². The normalized spacial score (nSPS) is 12.2. The van der Waals surface area contributed by atoms with E-state index in [2.05, 4.69) is 11.5 Å². The van der Waals surface area contributed by atoms with Crippen molar-refractivity contribution in [2.45, 2.75) is 35.4 Å². The molecule has 5 nitrogen and oxygen atoms in total. The van der Waals surface area contributed by atoms with Crippen LogP contribution in [-0.2, 0) is 22.3 Å². The summed E-state index contributed by atoms with van der Waals surface area (Å²) < 4.78 is 28.2. The summed E-state index contributed by atoms with van der Waals surface area (Å²) in [6.07, 6.45) is 0.970. The molecule has 0 unspecified atom stereocenters. The second-order valence-corrected chi connectivity index (χ2v) is 10.0. The average molecular weight is 424 g/mol. The van der Waals surface area contributed by atoms with E-state index in [4.69, 9.17) is 16.6 Å². The van der Waals surface area contributed by atoms with Crippen molar-refractivity contribution in [3.63, 3.8) is 0 Å². The lowest BCUT2D eigenvalue weighted by atomic mass is 10.3. The van der Waals surface area contributed by atoms with Crippen LogP contribution in [0, 0.1) is 0 Å². The first-order valence-electron chi connectivity index (χ1n) is 8.63. The molecule has 0 fully saturated rings. The van der Waals surface area contributed by atoms with E-state index in [-0.39, 0.29) is 4.90 Å². The van der Waals surface area contributed by atoms with Gasteiger partial charge in [0.2, 0.25) is 10.0 Å². The molecule has 8 heteroatoms. The fraction of sp³-hybridized carbons (Fsp3) is 0.316. The third-order valence-corrected chi connectivity index (χ3v) is 7.22. The van der Waals surface area contributed by atoms with Gasteiger partial charge < -0.3 is 4.57 Å². The molecule has 3 rings (SSSR count). The van der Waals surface area contributed by atoms with E-state index in [1.54, 1.807) is 23.9 Å². The van der Waals surface area contributed by atoms with Gasteiger partial charge in [-0.1, -0.05) is 24.6 Å². The molecule has 0 aliphatic carbocycles. The molecule has 0 radical (unpaired) electrons. The summed E-state index contributed by atoms with van der Waals surface area (Å²) in [7, 11) is -0.420. The topological polar surface area (TPSA) is 55.2 Å². The number of aryl methyl sites for hydroxylation is 1. The van der Waals surface area contributed by atoms with Gasteiger partial charge in [0, 0.05) is 30.6 Å². The lowest BCUT2D eigenvalue weighted by molar-refractivity contribution is 0.521. The van der Waals surface area contributed by atoms with Crippen LogP contribution in [0.2, 0.25) is 5.02 Å². The SMILES string of the molecule is CCCn1c(CSc2cccc(Cl)c2)nc2cc(S(=O)(=O)N(C)C)ccc21. The summed E-state index contributed by atoms with van der Waals surface area (Å²) in [5.41, 5.74) is 1.66. The van der Waals surface area contributed by atoms with E-state index in [0.717, 1.165) is 29.2 Å². The lowest BCUT2D eigenvalue weighted by Crippen LogP contribution is -2.22. The first-order valence-corrected chi connectivity index (χ1v) is 11.4. The van der Waals surface area contributed by atoms with Crippen LogP contribution in [-0.4, -0.2) is 36.4 Å². The summed E-state index contributed by atoms with van der Waals surface area (Å²) in [6.45, 7) is 2.95. The number of nitrogens with zero attached hydrogens (tertiary/aromatic N) is 3. The molecule has 0 atom stereocenters. The van der Waals surface area contributed by atoms with Crippen LogP contribution in [0.4, 0.5) is 0 Å². The molecule has 0 amide bonds. The van der Waals surface area contributed by atoms with Crippen LogP contribution >= 0.6 is 23.4 Å². The summed E-state index contributed by atoms with van der Waals surface area (Å²) in [5, 5.41) is 0.709. The Morgan fingerprint density at radius 1 is 1.19 bits per heavy atom. The Balaban J connectivity index is 1.97. The number of hydrogen-bond acceptors (Lipinski definition) is 4. The Labute approximate surface area is 169 Å². The van der Waals surface area contributed by atoms with Gasteiger partial charge in [0.1, 0.15) is 5.82 Å². The maximum atomic E-state index is 12.4. The predicted molar refractivity (Wildman–Crippen MR) is 112 cm³/mol. The summed E-state index contributed by atoms with van der Waals surface area (Å²) in [4.78, 5) is 6.07. The summed E-state index contributed by atoms with van der Waals surface area (Å²) in [5.74, 6) is 1.61. The standard InChI is InChI=1S/C19H22ClN3O2S2/c1-4-10-23-18-9-8-16(27(24,25)22(2)3)12-17(18)21-19(23)13-26-15-7-5-6-14(20)11-15/h5-9,11-12H,4,10,13H2,1-3H3. The molecular weight excluding hydrogens is 402 g/mol. The molecule has 1 aromatic heterocycles. The van der Waals surface area contributed by atoms with E-state index in [1.165, 1.54) is 18.4 Å². The predicted octanol–water partition coefficient (Wildman–Crippen LogP) is 4.64. The molecule has 0 saturated carbocycles. The second-order valence-electron chi connectivity index (χ2n) is 6.36. The Hall–Kier alpha value is -1.54. The van der Waals surface area contributed by atoms with Crippen LogP contribution in [0.15, 0.2) is 52.3 Å². The summed E-state index contributed by atoms with van der Waals surface area (Å²) >= 11 is 7.73. The number of imidazole rings is 1. The van der Waals surface area contributed by atoms with Gasteiger partial charge in [0.25, 0.3) is 0 Å². The number of benzene rings is 2. The Morgan fingerprint density at radius 2 is 1.96 bits per heavy atom. The van der Waals surface area contributed by atoms with Gasteiger partial charge in [-0.25, -0.2) is 17.7 Å². The zero-order valence-electron chi connectivity index (χ0n) is 15.5. The first kappa shape index (κ1) is 20.2. The molecule has 0 bridgehead atoms. The molecular formula is C19H22ClN3O2S2.